The SMILES string of the molecule is C[C@@H]1C(NCC(=O)Nc2ccc(C#Cc3ccc(C(=O)N[C@@H](CN)C(=O)NO)cc3)cc2)C[C@H]2C[C@@H]1C2(C)C. The molecule has 3 aliphatic carbocycles. The molecular weight excluding hydrogens is 494 g/mol. The fourth-order valence-corrected chi connectivity index (χ4v) is 5.89. The number of nitrogens with two attached hydrogens (primary N) is 1. The average Bonchev–Trinajstić information content (AvgIpc) is 2.94. The first-order valence-corrected chi connectivity index (χ1v) is 13.3. The first kappa shape index (κ1) is 28.3. The molecule has 2 aromatic rings. The van der Waals surface area contributed by atoms with Crippen molar-refractivity contribution in [1.29, 1.82) is 0 Å². The van der Waals surface area contributed by atoms with E-state index in [1.54, 1.807) is 24.3 Å². The van der Waals surface area contributed by atoms with Gasteiger partial charge in [0.2, 0.25) is 5.91 Å². The summed E-state index contributed by atoms with van der Waals surface area (Å²) in [5.74, 6) is 6.84. The van der Waals surface area contributed by atoms with Crippen molar-refractivity contribution in [3.8, 4) is 11.8 Å². The van der Waals surface area contributed by atoms with Crippen LogP contribution in [-0.4, -0.2) is 48.1 Å². The molecule has 39 heavy (non-hydrogen) atoms. The van der Waals surface area contributed by atoms with E-state index < -0.39 is 17.9 Å². The van der Waals surface area contributed by atoms with Crippen molar-refractivity contribution in [3.63, 3.8) is 0 Å². The highest BCUT2D eigenvalue weighted by atomic mass is 16.5. The normalized spacial score (nSPS) is 23.3. The Morgan fingerprint density at radius 3 is 2.18 bits per heavy atom. The number of carbonyl (C=O) groups excluding carboxylic acids is 3. The van der Waals surface area contributed by atoms with E-state index in [4.69, 9.17) is 10.9 Å². The molecule has 0 radical (unpaired) electrons. The van der Waals surface area contributed by atoms with Gasteiger partial charge >= 0.3 is 0 Å². The third-order valence-electron chi connectivity index (χ3n) is 8.51. The minimum Gasteiger partial charge on any atom is -0.339 e. The van der Waals surface area contributed by atoms with E-state index in [0.717, 1.165) is 23.8 Å². The summed E-state index contributed by atoms with van der Waals surface area (Å²) in [6, 6.07) is 13.3. The fraction of sp³-hybridized carbons (Fsp3) is 0.433. The molecule has 3 aliphatic rings. The van der Waals surface area contributed by atoms with Crippen molar-refractivity contribution in [1.82, 2.24) is 16.1 Å². The van der Waals surface area contributed by atoms with Crippen molar-refractivity contribution in [2.75, 3.05) is 18.4 Å². The Kier molecular flexibility index (Phi) is 8.70. The molecule has 3 amide bonds. The lowest BCUT2D eigenvalue weighted by Crippen LogP contribution is -2.60. The van der Waals surface area contributed by atoms with Gasteiger partial charge in [0.1, 0.15) is 6.04 Å². The Hall–Kier alpha value is -3.71. The van der Waals surface area contributed by atoms with Gasteiger partial charge in [-0.1, -0.05) is 32.6 Å². The Balaban J connectivity index is 1.25. The Bertz CT molecular complexity index is 1260. The highest BCUT2D eigenvalue weighted by Crippen LogP contribution is 2.61. The van der Waals surface area contributed by atoms with Gasteiger partial charge in [-0.25, -0.2) is 5.48 Å². The van der Waals surface area contributed by atoms with Crippen molar-refractivity contribution in [3.05, 3.63) is 65.2 Å². The van der Waals surface area contributed by atoms with Gasteiger partial charge in [0.05, 0.1) is 6.54 Å². The lowest BCUT2D eigenvalue weighted by molar-refractivity contribution is -0.130. The molecule has 0 saturated heterocycles. The second-order valence-corrected chi connectivity index (χ2v) is 11.1. The summed E-state index contributed by atoms with van der Waals surface area (Å²) in [7, 11) is 0. The van der Waals surface area contributed by atoms with Crippen LogP contribution in [0, 0.1) is 35.0 Å². The molecule has 0 aromatic heterocycles. The van der Waals surface area contributed by atoms with Gasteiger partial charge in [0.15, 0.2) is 0 Å². The fourth-order valence-electron chi connectivity index (χ4n) is 5.89. The van der Waals surface area contributed by atoms with Crippen molar-refractivity contribution >= 4 is 23.4 Å². The zero-order chi connectivity index (χ0) is 28.2. The maximum atomic E-state index is 12.5. The molecule has 3 fully saturated rings. The minimum atomic E-state index is -1.04. The molecule has 7 N–H and O–H groups in total. The van der Waals surface area contributed by atoms with Gasteiger partial charge < -0.3 is 21.7 Å². The Morgan fingerprint density at radius 1 is 1.03 bits per heavy atom. The molecule has 2 aromatic carbocycles. The van der Waals surface area contributed by atoms with Gasteiger partial charge in [-0.3, -0.25) is 19.6 Å². The summed E-state index contributed by atoms with van der Waals surface area (Å²) in [5, 5.41) is 17.6. The second-order valence-electron chi connectivity index (χ2n) is 11.1. The maximum absolute atomic E-state index is 12.5. The number of hydrogen-bond acceptors (Lipinski definition) is 6. The van der Waals surface area contributed by atoms with E-state index in [1.807, 2.05) is 24.3 Å². The summed E-state index contributed by atoms with van der Waals surface area (Å²) in [4.78, 5) is 36.3. The van der Waals surface area contributed by atoms with Gasteiger partial charge in [0, 0.05) is 35.0 Å². The molecule has 5 atom stereocenters. The van der Waals surface area contributed by atoms with E-state index >= 15 is 0 Å². The lowest BCUT2D eigenvalue weighted by Gasteiger charge is -2.62. The van der Waals surface area contributed by atoms with Crippen LogP contribution in [0.2, 0.25) is 0 Å². The number of benzene rings is 2. The van der Waals surface area contributed by atoms with E-state index in [2.05, 4.69) is 48.6 Å². The molecule has 9 nitrogen and oxygen atoms in total. The zero-order valence-electron chi connectivity index (χ0n) is 22.6. The minimum absolute atomic E-state index is 0.0570. The van der Waals surface area contributed by atoms with Crippen LogP contribution in [0.5, 0.6) is 0 Å². The molecule has 3 saturated carbocycles. The van der Waals surface area contributed by atoms with E-state index in [0.29, 0.717) is 40.7 Å². The molecule has 0 heterocycles. The Morgan fingerprint density at radius 2 is 1.64 bits per heavy atom. The number of carbonyl (C=O) groups is 3. The van der Waals surface area contributed by atoms with Crippen molar-refractivity contribution < 1.29 is 19.6 Å². The average molecular weight is 532 g/mol. The third-order valence-corrected chi connectivity index (χ3v) is 8.51. The van der Waals surface area contributed by atoms with Crippen LogP contribution in [0.25, 0.3) is 0 Å². The summed E-state index contributed by atoms with van der Waals surface area (Å²) in [6.45, 7) is 7.20. The summed E-state index contributed by atoms with van der Waals surface area (Å²) >= 11 is 0. The largest absolute Gasteiger partial charge is 0.339 e. The van der Waals surface area contributed by atoms with Crippen molar-refractivity contribution in [2.24, 2.45) is 28.9 Å². The van der Waals surface area contributed by atoms with Crippen LogP contribution in [0.3, 0.4) is 0 Å². The molecule has 9 heteroatoms. The second kappa shape index (κ2) is 12.0. The first-order valence-electron chi connectivity index (χ1n) is 13.3. The number of fused-ring (bicyclic) bond motifs is 2. The van der Waals surface area contributed by atoms with E-state index in [1.165, 1.54) is 11.9 Å². The number of anilines is 1. The quantitative estimate of drug-likeness (QED) is 0.175. The number of rotatable bonds is 8. The molecule has 206 valence electrons. The predicted molar refractivity (Wildman–Crippen MR) is 149 cm³/mol. The topological polar surface area (TPSA) is 146 Å². The van der Waals surface area contributed by atoms with Crippen LogP contribution in [0.4, 0.5) is 5.69 Å². The number of amides is 3. The molecule has 1 unspecified atom stereocenters. The smallest absolute Gasteiger partial charge is 0.267 e. The Labute approximate surface area is 229 Å². The third kappa shape index (κ3) is 6.48. The molecular formula is C30H37N5O4. The molecule has 0 aliphatic heterocycles. The number of hydroxylamine groups is 1. The standard InChI is InChI=1S/C30H37N5O4/c1-18-24-14-22(30(24,2)3)15-25(18)32-17-27(36)33-23-12-8-20(9-13-23)5-4-19-6-10-21(11-7-19)28(37)34-26(16-31)29(38)35-39/h6-13,18,22,24-26,32,39H,14-17,31H2,1-3H3,(H,33,36)(H,34,37)(H,35,38)/t18-,22+,24-,25?,26-/m0/s1. The maximum Gasteiger partial charge on any atom is 0.267 e. The van der Waals surface area contributed by atoms with Gasteiger partial charge in [-0.2, -0.15) is 0 Å². The predicted octanol–water partition coefficient (Wildman–Crippen LogP) is 2.25. The van der Waals surface area contributed by atoms with Crippen molar-refractivity contribution in [2.45, 2.75) is 45.7 Å². The highest BCUT2D eigenvalue weighted by Gasteiger charge is 2.56. The molecule has 5 rings (SSSR count). The van der Waals surface area contributed by atoms with Crippen LogP contribution in [0.1, 0.15) is 55.1 Å². The lowest BCUT2D eigenvalue weighted by atomic mass is 9.45. The van der Waals surface area contributed by atoms with E-state index in [-0.39, 0.29) is 12.5 Å². The van der Waals surface area contributed by atoms with E-state index in [9.17, 15) is 14.4 Å². The molecule has 2 bridgehead atoms. The van der Waals surface area contributed by atoms with Gasteiger partial charge in [0.25, 0.3) is 11.8 Å². The summed E-state index contributed by atoms with van der Waals surface area (Å²) in [6.07, 6.45) is 2.46. The highest BCUT2D eigenvalue weighted by molar-refractivity contribution is 5.97. The number of hydrogen-bond donors (Lipinski definition) is 6. The van der Waals surface area contributed by atoms with Crippen LogP contribution in [-0.2, 0) is 9.59 Å². The van der Waals surface area contributed by atoms with Gasteiger partial charge in [-0.05, 0) is 84.5 Å². The van der Waals surface area contributed by atoms with Gasteiger partial charge in [-0.15, -0.1) is 0 Å². The summed E-state index contributed by atoms with van der Waals surface area (Å²) < 4.78 is 0. The first-order chi connectivity index (χ1) is 18.6. The number of nitrogens with one attached hydrogen (secondary N) is 4. The van der Waals surface area contributed by atoms with Crippen LogP contribution >= 0.6 is 0 Å². The molecule has 0 spiro atoms. The summed E-state index contributed by atoms with van der Waals surface area (Å²) in [5.41, 5.74) is 9.90. The van der Waals surface area contributed by atoms with Crippen LogP contribution < -0.4 is 27.2 Å². The monoisotopic (exact) mass is 531 g/mol. The zero-order valence-corrected chi connectivity index (χ0v) is 22.6. The van der Waals surface area contributed by atoms with Crippen LogP contribution in [0.15, 0.2) is 48.5 Å².